The number of hydrogen-bond donors (Lipinski definition) is 1. The maximum Gasteiger partial charge on any atom is 0.451 e. The Bertz CT molecular complexity index is 1460. The van der Waals surface area contributed by atoms with Crippen molar-refractivity contribution in [2.45, 2.75) is 32.0 Å². The highest BCUT2D eigenvalue weighted by molar-refractivity contribution is 5.97. The number of fused-ring (bicyclic) bond motifs is 1. The average Bonchev–Trinajstić information content (AvgIpc) is 3.49. The molecule has 0 saturated carbocycles. The molecule has 0 amide bonds. The lowest BCUT2D eigenvalue weighted by atomic mass is 10.0. The molecule has 2 N–H and O–H groups in total. The molecule has 1 unspecified atom stereocenters. The number of aromatic nitrogens is 9. The van der Waals surface area contributed by atoms with Crippen LogP contribution in [0.15, 0.2) is 55.2 Å². The molecule has 5 aromatic rings. The number of alkyl halides is 3. The summed E-state index contributed by atoms with van der Waals surface area (Å²) in [5, 5.41) is 13.6. The Hall–Kier alpha value is -4.42. The van der Waals surface area contributed by atoms with Crippen LogP contribution in [0.3, 0.4) is 0 Å². The molecule has 0 bridgehead atoms. The van der Waals surface area contributed by atoms with Crippen molar-refractivity contribution in [2.24, 2.45) is 0 Å². The summed E-state index contributed by atoms with van der Waals surface area (Å²) in [5.41, 5.74) is 8.76. The fourth-order valence-electron chi connectivity index (χ4n) is 3.77. The lowest BCUT2D eigenvalue weighted by molar-refractivity contribution is -0.144. The highest BCUT2D eigenvalue weighted by Crippen LogP contribution is 2.32. The standard InChI is InChI=1S/C22H19F3N10/c1-2-13(16-11-34(33-31-16)15-6-4-3-5-7-15)10-35-20-17(19(26)29-12-30-20)18(32-35)14-8-27-21(28-9-14)22(23,24)25/h3-9,11-13H,2,10H2,1H3,(H2,26,29,30). The molecule has 4 heterocycles. The highest BCUT2D eigenvalue weighted by Gasteiger charge is 2.34. The molecule has 10 nitrogen and oxygen atoms in total. The Balaban J connectivity index is 1.51. The van der Waals surface area contributed by atoms with Gasteiger partial charge in [0.05, 0.1) is 29.5 Å². The van der Waals surface area contributed by atoms with Crippen LogP contribution in [0.25, 0.3) is 28.0 Å². The first kappa shape index (κ1) is 22.4. The van der Waals surface area contributed by atoms with Gasteiger partial charge in [0.25, 0.3) is 0 Å². The van der Waals surface area contributed by atoms with Crippen LogP contribution < -0.4 is 5.73 Å². The van der Waals surface area contributed by atoms with Crippen molar-refractivity contribution < 1.29 is 13.2 Å². The summed E-state index contributed by atoms with van der Waals surface area (Å²) in [4.78, 5) is 15.2. The smallest absolute Gasteiger partial charge is 0.383 e. The molecule has 0 aliphatic heterocycles. The molecule has 13 heteroatoms. The van der Waals surface area contributed by atoms with Crippen molar-refractivity contribution in [3.63, 3.8) is 0 Å². The van der Waals surface area contributed by atoms with Gasteiger partial charge in [-0.1, -0.05) is 30.3 Å². The van der Waals surface area contributed by atoms with Crippen molar-refractivity contribution in [3.8, 4) is 16.9 Å². The molecule has 178 valence electrons. The van der Waals surface area contributed by atoms with E-state index in [1.807, 2.05) is 43.5 Å². The minimum absolute atomic E-state index is 0.0662. The monoisotopic (exact) mass is 480 g/mol. The summed E-state index contributed by atoms with van der Waals surface area (Å²) >= 11 is 0. The second kappa shape index (κ2) is 8.74. The van der Waals surface area contributed by atoms with Gasteiger partial charge in [-0.25, -0.2) is 29.3 Å². The molecule has 0 aliphatic rings. The van der Waals surface area contributed by atoms with E-state index < -0.39 is 12.0 Å². The predicted octanol–water partition coefficient (Wildman–Crippen LogP) is 3.66. The van der Waals surface area contributed by atoms with Crippen molar-refractivity contribution in [3.05, 3.63) is 66.8 Å². The number of benzene rings is 1. The van der Waals surface area contributed by atoms with E-state index in [4.69, 9.17) is 5.73 Å². The molecular weight excluding hydrogens is 461 g/mol. The Morgan fingerprint density at radius 1 is 1.03 bits per heavy atom. The fourth-order valence-corrected chi connectivity index (χ4v) is 3.77. The summed E-state index contributed by atoms with van der Waals surface area (Å²) < 4.78 is 42.0. The van der Waals surface area contributed by atoms with E-state index in [2.05, 4.69) is 35.3 Å². The molecule has 0 spiro atoms. The third-order valence-electron chi connectivity index (χ3n) is 5.57. The fraction of sp³-hybridized carbons (Fsp3) is 0.227. The van der Waals surface area contributed by atoms with Crippen molar-refractivity contribution in [1.82, 2.24) is 44.7 Å². The van der Waals surface area contributed by atoms with Gasteiger partial charge in [0.2, 0.25) is 5.82 Å². The topological polar surface area (TPSA) is 126 Å². The summed E-state index contributed by atoms with van der Waals surface area (Å²) in [7, 11) is 0. The van der Waals surface area contributed by atoms with Gasteiger partial charge in [0.15, 0.2) is 5.65 Å². The van der Waals surface area contributed by atoms with Crippen LogP contribution in [-0.4, -0.2) is 44.7 Å². The van der Waals surface area contributed by atoms with E-state index in [1.165, 1.54) is 6.33 Å². The number of para-hydroxylation sites is 1. The molecule has 0 saturated heterocycles. The van der Waals surface area contributed by atoms with Crippen LogP contribution in [0.1, 0.15) is 30.8 Å². The minimum atomic E-state index is -4.65. The highest BCUT2D eigenvalue weighted by atomic mass is 19.4. The van der Waals surface area contributed by atoms with Crippen molar-refractivity contribution >= 4 is 16.9 Å². The second-order valence-electron chi connectivity index (χ2n) is 7.81. The van der Waals surface area contributed by atoms with Gasteiger partial charge >= 0.3 is 6.18 Å². The average molecular weight is 480 g/mol. The number of hydrogen-bond acceptors (Lipinski definition) is 8. The van der Waals surface area contributed by atoms with E-state index in [9.17, 15) is 13.2 Å². The molecule has 0 aliphatic carbocycles. The zero-order valence-electron chi connectivity index (χ0n) is 18.4. The summed E-state index contributed by atoms with van der Waals surface area (Å²) in [6.45, 7) is 2.41. The number of halogens is 3. The first-order valence-corrected chi connectivity index (χ1v) is 10.7. The first-order valence-electron chi connectivity index (χ1n) is 10.7. The molecule has 35 heavy (non-hydrogen) atoms. The van der Waals surface area contributed by atoms with Gasteiger partial charge in [-0.15, -0.1) is 5.10 Å². The molecule has 5 rings (SSSR count). The third-order valence-corrected chi connectivity index (χ3v) is 5.57. The zero-order chi connectivity index (χ0) is 24.6. The largest absolute Gasteiger partial charge is 0.451 e. The van der Waals surface area contributed by atoms with Crippen LogP contribution in [-0.2, 0) is 12.7 Å². The number of rotatable bonds is 6. The molecule has 1 atom stereocenters. The van der Waals surface area contributed by atoms with Crippen LogP contribution in [0.4, 0.5) is 19.0 Å². The van der Waals surface area contributed by atoms with Crippen LogP contribution >= 0.6 is 0 Å². The van der Waals surface area contributed by atoms with E-state index in [-0.39, 0.29) is 17.3 Å². The van der Waals surface area contributed by atoms with Crippen LogP contribution in [0, 0.1) is 0 Å². The van der Waals surface area contributed by atoms with Crippen molar-refractivity contribution in [1.29, 1.82) is 0 Å². The van der Waals surface area contributed by atoms with Crippen LogP contribution in [0.5, 0.6) is 0 Å². The Morgan fingerprint density at radius 2 is 1.77 bits per heavy atom. The van der Waals surface area contributed by atoms with Gasteiger partial charge in [-0.05, 0) is 18.6 Å². The molecule has 4 aromatic heterocycles. The zero-order valence-corrected chi connectivity index (χ0v) is 18.4. The lowest BCUT2D eigenvalue weighted by Crippen LogP contribution is -2.11. The Labute approximate surface area is 196 Å². The summed E-state index contributed by atoms with van der Waals surface area (Å²) in [5.74, 6) is -1.15. The SMILES string of the molecule is CCC(Cn1nc(-c2cnc(C(F)(F)F)nc2)c2c(N)ncnc21)c1cn(-c2ccccc2)nn1. The normalized spacial score (nSPS) is 12.8. The number of anilines is 1. The van der Waals surface area contributed by atoms with Gasteiger partial charge < -0.3 is 5.73 Å². The van der Waals surface area contributed by atoms with E-state index in [1.54, 1.807) is 9.36 Å². The molecule has 0 radical (unpaired) electrons. The number of nitrogens with zero attached hydrogens (tertiary/aromatic N) is 9. The predicted molar refractivity (Wildman–Crippen MR) is 120 cm³/mol. The third kappa shape index (κ3) is 4.27. The number of nitrogen functional groups attached to an aromatic ring is 1. The molecule has 0 fully saturated rings. The van der Waals surface area contributed by atoms with Crippen LogP contribution in [0.2, 0.25) is 0 Å². The van der Waals surface area contributed by atoms with Gasteiger partial charge in [0.1, 0.15) is 17.8 Å². The van der Waals surface area contributed by atoms with Gasteiger partial charge in [-0.2, -0.15) is 18.3 Å². The van der Waals surface area contributed by atoms with Gasteiger partial charge in [-0.3, -0.25) is 0 Å². The lowest BCUT2D eigenvalue weighted by Gasteiger charge is -2.12. The number of nitrogens with two attached hydrogens (primary N) is 1. The Morgan fingerprint density at radius 3 is 2.46 bits per heavy atom. The maximum atomic E-state index is 12.9. The van der Waals surface area contributed by atoms with E-state index in [0.717, 1.165) is 30.2 Å². The molecular formula is C22H19F3N10. The van der Waals surface area contributed by atoms with E-state index in [0.29, 0.717) is 23.3 Å². The Kier molecular flexibility index (Phi) is 5.59. The van der Waals surface area contributed by atoms with E-state index >= 15 is 0 Å². The second-order valence-corrected chi connectivity index (χ2v) is 7.81. The summed E-state index contributed by atoms with van der Waals surface area (Å²) in [6.07, 6.45) is 1.40. The quantitative estimate of drug-likeness (QED) is 0.390. The maximum absolute atomic E-state index is 12.9. The summed E-state index contributed by atoms with van der Waals surface area (Å²) in [6, 6.07) is 9.61. The van der Waals surface area contributed by atoms with Gasteiger partial charge in [0, 0.05) is 23.9 Å². The molecule has 1 aromatic carbocycles. The van der Waals surface area contributed by atoms with Crippen molar-refractivity contribution in [2.75, 3.05) is 5.73 Å². The first-order chi connectivity index (χ1) is 16.8. The minimum Gasteiger partial charge on any atom is -0.383 e.